The molecule has 0 saturated carbocycles. The molecule has 3 nitrogen and oxygen atoms in total. The Kier molecular flexibility index (Phi) is 3.81. The topological polar surface area (TPSA) is 42.4 Å². The molecule has 0 aliphatic rings. The predicted molar refractivity (Wildman–Crippen MR) is 71.6 cm³/mol. The number of methoxy groups -OCH3 is 1. The highest BCUT2D eigenvalue weighted by Gasteiger charge is 2.15. The number of hydrogen-bond acceptors (Lipinski definition) is 4. The van der Waals surface area contributed by atoms with Crippen LogP contribution in [0.1, 0.15) is 22.1 Å². The number of aromatic nitrogens is 1. The monoisotopic (exact) mass is 313 g/mol. The third-order valence-electron chi connectivity index (χ3n) is 2.43. The first kappa shape index (κ1) is 12.5. The highest BCUT2D eigenvalue weighted by Crippen LogP contribution is 2.34. The number of pyridine rings is 1. The van der Waals surface area contributed by atoms with Crippen molar-refractivity contribution in [2.45, 2.75) is 13.0 Å². The number of halogens is 1. The molecule has 2 aromatic heterocycles. The fourth-order valence-electron chi connectivity index (χ4n) is 1.48. The molecule has 17 heavy (non-hydrogen) atoms. The van der Waals surface area contributed by atoms with Gasteiger partial charge in [0, 0.05) is 16.6 Å². The lowest BCUT2D eigenvalue weighted by atomic mass is 10.1. The number of thiophene rings is 1. The highest BCUT2D eigenvalue weighted by atomic mass is 79.9. The third-order valence-corrected chi connectivity index (χ3v) is 4.62. The summed E-state index contributed by atoms with van der Waals surface area (Å²) in [6, 6.07) is 3.76. The number of ether oxygens (including phenoxy) is 1. The van der Waals surface area contributed by atoms with Gasteiger partial charge in [-0.05, 0) is 40.5 Å². The van der Waals surface area contributed by atoms with E-state index in [1.807, 2.05) is 13.0 Å². The first-order valence-corrected chi connectivity index (χ1v) is 6.65. The maximum Gasteiger partial charge on any atom is 0.137 e. The van der Waals surface area contributed by atoms with Crippen molar-refractivity contribution in [3.8, 4) is 5.75 Å². The van der Waals surface area contributed by atoms with E-state index >= 15 is 0 Å². The molecule has 0 fully saturated rings. The molecule has 5 heteroatoms. The number of hydrogen-bond donors (Lipinski definition) is 1. The zero-order valence-corrected chi connectivity index (χ0v) is 11.9. The van der Waals surface area contributed by atoms with E-state index in [1.54, 1.807) is 25.6 Å². The van der Waals surface area contributed by atoms with E-state index in [1.165, 1.54) is 11.3 Å². The molecule has 0 aromatic carbocycles. The number of rotatable bonds is 3. The maximum atomic E-state index is 10.2. The summed E-state index contributed by atoms with van der Waals surface area (Å²) in [5.74, 6) is 0.647. The average Bonchev–Trinajstić information content (AvgIpc) is 2.69. The number of nitrogens with zero attached hydrogens (tertiary/aromatic N) is 1. The van der Waals surface area contributed by atoms with Gasteiger partial charge in [0.15, 0.2) is 0 Å². The highest BCUT2D eigenvalue weighted by molar-refractivity contribution is 9.11. The van der Waals surface area contributed by atoms with E-state index in [0.717, 1.165) is 19.8 Å². The molecule has 2 aromatic rings. The summed E-state index contributed by atoms with van der Waals surface area (Å²) in [4.78, 5) is 4.93. The third kappa shape index (κ3) is 2.68. The van der Waals surface area contributed by atoms with Gasteiger partial charge in [-0.2, -0.15) is 0 Å². The molecule has 0 amide bonds. The fourth-order valence-corrected chi connectivity index (χ4v) is 3.06. The van der Waals surface area contributed by atoms with Gasteiger partial charge in [0.2, 0.25) is 0 Å². The van der Waals surface area contributed by atoms with Gasteiger partial charge < -0.3 is 9.84 Å². The van der Waals surface area contributed by atoms with E-state index in [4.69, 9.17) is 4.74 Å². The molecule has 1 unspecified atom stereocenters. The van der Waals surface area contributed by atoms with Crippen LogP contribution < -0.4 is 4.74 Å². The molecule has 0 bridgehead atoms. The summed E-state index contributed by atoms with van der Waals surface area (Å²) in [6.07, 6.45) is 2.61. The molecule has 90 valence electrons. The van der Waals surface area contributed by atoms with Crippen LogP contribution in [0, 0.1) is 6.92 Å². The molecule has 0 aliphatic heterocycles. The van der Waals surface area contributed by atoms with Gasteiger partial charge in [-0.15, -0.1) is 11.3 Å². The smallest absolute Gasteiger partial charge is 0.137 e. The SMILES string of the molecule is COc1cncc(C(O)c2cc(C)c(Br)s2)c1. The molecular formula is C12H12BrNO2S. The predicted octanol–water partition coefficient (Wildman–Crippen LogP) is 3.30. The lowest BCUT2D eigenvalue weighted by Crippen LogP contribution is -1.98. The van der Waals surface area contributed by atoms with E-state index < -0.39 is 6.10 Å². The zero-order chi connectivity index (χ0) is 12.4. The van der Waals surface area contributed by atoms with E-state index in [0.29, 0.717) is 5.75 Å². The lowest BCUT2D eigenvalue weighted by molar-refractivity contribution is 0.223. The largest absolute Gasteiger partial charge is 0.495 e. The van der Waals surface area contributed by atoms with Crippen LogP contribution in [0.5, 0.6) is 5.75 Å². The summed E-state index contributed by atoms with van der Waals surface area (Å²) >= 11 is 4.98. The molecule has 2 heterocycles. The Hall–Kier alpha value is -0.910. The summed E-state index contributed by atoms with van der Waals surface area (Å²) in [5, 5.41) is 10.2. The molecule has 0 saturated heterocycles. The van der Waals surface area contributed by atoms with Crippen LogP contribution in [0.3, 0.4) is 0 Å². The summed E-state index contributed by atoms with van der Waals surface area (Å²) in [7, 11) is 1.58. The normalized spacial score (nSPS) is 12.5. The Morgan fingerprint density at radius 3 is 2.76 bits per heavy atom. The van der Waals surface area contributed by atoms with Crippen molar-refractivity contribution in [1.29, 1.82) is 0 Å². The second-order valence-corrected chi connectivity index (χ2v) is 6.07. The molecule has 2 rings (SSSR count). The average molecular weight is 314 g/mol. The lowest BCUT2D eigenvalue weighted by Gasteiger charge is -2.09. The first-order chi connectivity index (χ1) is 8.11. The van der Waals surface area contributed by atoms with Crippen molar-refractivity contribution in [3.05, 3.63) is 44.3 Å². The molecular weight excluding hydrogens is 302 g/mol. The zero-order valence-electron chi connectivity index (χ0n) is 9.48. The summed E-state index contributed by atoms with van der Waals surface area (Å²) in [6.45, 7) is 2.00. The minimum absolute atomic E-state index is 0.647. The van der Waals surface area contributed by atoms with Gasteiger partial charge in [0.25, 0.3) is 0 Å². The first-order valence-electron chi connectivity index (χ1n) is 5.04. The van der Waals surface area contributed by atoms with Gasteiger partial charge >= 0.3 is 0 Å². The van der Waals surface area contributed by atoms with Gasteiger partial charge in [-0.25, -0.2) is 0 Å². The van der Waals surface area contributed by atoms with Gasteiger partial charge in [0.1, 0.15) is 11.9 Å². The van der Waals surface area contributed by atoms with Crippen LogP contribution in [0.4, 0.5) is 0 Å². The molecule has 0 spiro atoms. The Morgan fingerprint density at radius 2 is 2.18 bits per heavy atom. The standard InChI is InChI=1S/C12H12BrNO2S/c1-7-3-10(17-12(7)13)11(15)8-4-9(16-2)6-14-5-8/h3-6,11,15H,1-2H3. The van der Waals surface area contributed by atoms with Crippen LogP contribution in [0.2, 0.25) is 0 Å². The number of aliphatic hydroxyl groups is 1. The van der Waals surface area contributed by atoms with Crippen molar-refractivity contribution in [2.24, 2.45) is 0 Å². The second-order valence-electron chi connectivity index (χ2n) is 3.67. The van der Waals surface area contributed by atoms with E-state index in [9.17, 15) is 5.11 Å². The Morgan fingerprint density at radius 1 is 1.41 bits per heavy atom. The van der Waals surface area contributed by atoms with E-state index in [2.05, 4.69) is 20.9 Å². The van der Waals surface area contributed by atoms with Crippen molar-refractivity contribution >= 4 is 27.3 Å². The quantitative estimate of drug-likeness (QED) is 0.945. The van der Waals surface area contributed by atoms with Crippen LogP contribution in [-0.2, 0) is 0 Å². The van der Waals surface area contributed by atoms with Gasteiger partial charge in [-0.1, -0.05) is 0 Å². The number of aliphatic hydroxyl groups excluding tert-OH is 1. The second kappa shape index (κ2) is 5.16. The van der Waals surface area contributed by atoms with Crippen LogP contribution in [-0.4, -0.2) is 17.2 Å². The van der Waals surface area contributed by atoms with Crippen molar-refractivity contribution in [3.63, 3.8) is 0 Å². The maximum absolute atomic E-state index is 10.2. The summed E-state index contributed by atoms with van der Waals surface area (Å²) in [5.41, 5.74) is 1.86. The summed E-state index contributed by atoms with van der Waals surface area (Å²) < 4.78 is 6.13. The minimum atomic E-state index is -0.660. The Bertz CT molecular complexity index is 507. The van der Waals surface area contributed by atoms with Gasteiger partial charge in [0.05, 0.1) is 17.1 Å². The van der Waals surface area contributed by atoms with Crippen LogP contribution >= 0.6 is 27.3 Å². The van der Waals surface area contributed by atoms with Crippen LogP contribution in [0.25, 0.3) is 0 Å². The van der Waals surface area contributed by atoms with E-state index in [-0.39, 0.29) is 0 Å². The van der Waals surface area contributed by atoms with Crippen molar-refractivity contribution < 1.29 is 9.84 Å². The van der Waals surface area contributed by atoms with Crippen LogP contribution in [0.15, 0.2) is 28.3 Å². The molecule has 0 radical (unpaired) electrons. The Labute approximate surface area is 112 Å². The van der Waals surface area contributed by atoms with Crippen molar-refractivity contribution in [1.82, 2.24) is 4.98 Å². The molecule has 0 aliphatic carbocycles. The number of aryl methyl sites for hydroxylation is 1. The minimum Gasteiger partial charge on any atom is -0.495 e. The molecule has 1 atom stereocenters. The van der Waals surface area contributed by atoms with Crippen molar-refractivity contribution in [2.75, 3.05) is 7.11 Å². The van der Waals surface area contributed by atoms with Gasteiger partial charge in [-0.3, -0.25) is 4.98 Å². The Balaban J connectivity index is 2.32. The molecule has 1 N–H and O–H groups in total. The fraction of sp³-hybridized carbons (Fsp3) is 0.250.